The molecule has 1 aliphatic rings. The fraction of sp³-hybridized carbons (Fsp3) is 0.214. The smallest absolute Gasteiger partial charge is 0.295 e. The molecule has 3 nitrogen and oxygen atoms in total. The number of anilines is 1. The van der Waals surface area contributed by atoms with Gasteiger partial charge < -0.3 is 10.8 Å². The molecule has 0 aliphatic heterocycles. The lowest BCUT2D eigenvalue weighted by Crippen LogP contribution is -2.04. The quantitative estimate of drug-likeness (QED) is 0.621. The monoisotopic (exact) mass is 225 g/mol. The summed E-state index contributed by atoms with van der Waals surface area (Å²) >= 11 is 0. The Labute approximate surface area is 101 Å². The molecule has 2 rings (SSSR count). The zero-order valence-electron chi connectivity index (χ0n) is 9.63. The second-order valence-corrected chi connectivity index (χ2v) is 3.95. The summed E-state index contributed by atoms with van der Waals surface area (Å²) in [6.07, 6.45) is 7.66. The molecule has 0 aromatic heterocycles. The summed E-state index contributed by atoms with van der Waals surface area (Å²) in [5.74, 6) is 0. The van der Waals surface area contributed by atoms with Crippen molar-refractivity contribution in [3.63, 3.8) is 0 Å². The van der Waals surface area contributed by atoms with Crippen LogP contribution in [0.3, 0.4) is 0 Å². The number of hydrogen-bond acceptors (Lipinski definition) is 1. The van der Waals surface area contributed by atoms with E-state index in [1.165, 1.54) is 5.57 Å². The fourth-order valence-electron chi connectivity index (χ4n) is 1.74. The van der Waals surface area contributed by atoms with Crippen molar-refractivity contribution in [2.45, 2.75) is 12.8 Å². The lowest BCUT2D eigenvalue weighted by atomic mass is 10.0. The number of allylic oxidation sites excluding steroid dienone is 3. The lowest BCUT2D eigenvalue weighted by molar-refractivity contribution is -0.00541. The van der Waals surface area contributed by atoms with E-state index >= 15 is 0 Å². The fourth-order valence-corrected chi connectivity index (χ4v) is 1.74. The predicted molar refractivity (Wildman–Crippen MR) is 70.0 cm³/mol. The summed E-state index contributed by atoms with van der Waals surface area (Å²) in [5.41, 5.74) is 11.7. The van der Waals surface area contributed by atoms with Gasteiger partial charge >= 0.3 is 0 Å². The van der Waals surface area contributed by atoms with Crippen LogP contribution in [0.5, 0.6) is 0 Å². The molecule has 17 heavy (non-hydrogen) atoms. The molecular formula is C14H15N3. The highest BCUT2D eigenvalue weighted by molar-refractivity contribution is 5.93. The van der Waals surface area contributed by atoms with Gasteiger partial charge in [-0.05, 0) is 24.1 Å². The maximum atomic E-state index is 8.60. The van der Waals surface area contributed by atoms with Crippen LogP contribution in [-0.4, -0.2) is 17.0 Å². The summed E-state index contributed by atoms with van der Waals surface area (Å²) in [6, 6.07) is 10.2. The van der Waals surface area contributed by atoms with Gasteiger partial charge in [0, 0.05) is 18.3 Å². The summed E-state index contributed by atoms with van der Waals surface area (Å²) in [6.45, 7) is 0.909. The minimum absolute atomic E-state index is 0.713. The Bertz CT molecular complexity index is 479. The predicted octanol–water partition coefficient (Wildman–Crippen LogP) is 3.05. The number of para-hydroxylation sites is 1. The van der Waals surface area contributed by atoms with Gasteiger partial charge in [-0.3, -0.25) is 0 Å². The van der Waals surface area contributed by atoms with Gasteiger partial charge in [0.1, 0.15) is 0 Å². The van der Waals surface area contributed by atoms with Crippen LogP contribution in [0.1, 0.15) is 12.8 Å². The van der Waals surface area contributed by atoms with E-state index in [0.717, 1.165) is 18.7 Å². The van der Waals surface area contributed by atoms with E-state index in [4.69, 9.17) is 5.53 Å². The molecule has 0 saturated carbocycles. The zero-order chi connectivity index (χ0) is 11.9. The van der Waals surface area contributed by atoms with Gasteiger partial charge in [-0.2, -0.15) is 4.79 Å². The first-order valence-corrected chi connectivity index (χ1v) is 5.75. The van der Waals surface area contributed by atoms with E-state index < -0.39 is 0 Å². The van der Waals surface area contributed by atoms with Crippen molar-refractivity contribution >= 4 is 11.4 Å². The molecule has 0 atom stereocenters. The van der Waals surface area contributed by atoms with Gasteiger partial charge in [-0.1, -0.05) is 30.4 Å². The third-order valence-electron chi connectivity index (χ3n) is 2.71. The van der Waals surface area contributed by atoms with E-state index in [1.807, 2.05) is 30.4 Å². The van der Waals surface area contributed by atoms with E-state index in [9.17, 15) is 0 Å². The molecule has 0 spiro atoms. The van der Waals surface area contributed by atoms with Crippen LogP contribution in [0.15, 0.2) is 54.1 Å². The van der Waals surface area contributed by atoms with Gasteiger partial charge in [-0.25, -0.2) is 0 Å². The average molecular weight is 225 g/mol. The van der Waals surface area contributed by atoms with Crippen LogP contribution >= 0.6 is 0 Å². The average Bonchev–Trinajstić information content (AvgIpc) is 2.41. The minimum Gasteiger partial charge on any atom is -0.385 e. The molecule has 1 aromatic carbocycles. The molecule has 1 N–H and O–H groups in total. The Morgan fingerprint density at radius 1 is 1.18 bits per heavy atom. The Hall–Kier alpha value is -2.12. The molecule has 0 radical (unpaired) electrons. The first-order chi connectivity index (χ1) is 8.38. The highest BCUT2D eigenvalue weighted by atomic mass is 14.9. The molecule has 3 heteroatoms. The van der Waals surface area contributed by atoms with Crippen LogP contribution in [0.4, 0.5) is 5.69 Å². The minimum atomic E-state index is 0.713. The number of rotatable bonds is 4. The third-order valence-corrected chi connectivity index (χ3v) is 2.71. The van der Waals surface area contributed by atoms with Crippen molar-refractivity contribution < 1.29 is 4.79 Å². The molecule has 86 valence electrons. The second kappa shape index (κ2) is 5.83. The van der Waals surface area contributed by atoms with Crippen molar-refractivity contribution in [3.05, 3.63) is 59.7 Å². The summed E-state index contributed by atoms with van der Waals surface area (Å²) in [4.78, 5) is 3.18. The molecule has 0 amide bonds. The molecule has 1 aromatic rings. The van der Waals surface area contributed by atoms with Gasteiger partial charge in [-0.15, -0.1) is 0 Å². The molecule has 1 aliphatic carbocycles. The maximum Gasteiger partial charge on any atom is 0.295 e. The first-order valence-electron chi connectivity index (χ1n) is 5.75. The van der Waals surface area contributed by atoms with Gasteiger partial charge in [0.15, 0.2) is 0 Å². The standard InChI is InChI=1S/C14H15N3/c15-17-14-8-6-12(7-9-14)10-11-16-13-4-2-1-3-5-13/h1-8,16H,9-11H2. The number of benzene rings is 1. The van der Waals surface area contributed by atoms with Gasteiger partial charge in [0.2, 0.25) is 0 Å². The lowest BCUT2D eigenvalue weighted by Gasteiger charge is -2.08. The maximum absolute atomic E-state index is 8.60. The van der Waals surface area contributed by atoms with Crippen molar-refractivity contribution in [3.8, 4) is 0 Å². The summed E-state index contributed by atoms with van der Waals surface area (Å²) < 4.78 is 0. The van der Waals surface area contributed by atoms with E-state index in [-0.39, 0.29) is 0 Å². The second-order valence-electron chi connectivity index (χ2n) is 3.95. The summed E-state index contributed by atoms with van der Waals surface area (Å²) in [7, 11) is 0. The number of nitrogens with zero attached hydrogens (tertiary/aromatic N) is 2. The van der Waals surface area contributed by atoms with Crippen LogP contribution < -0.4 is 5.32 Å². The molecular weight excluding hydrogens is 210 g/mol. The Kier molecular flexibility index (Phi) is 3.90. The third kappa shape index (κ3) is 3.44. The van der Waals surface area contributed by atoms with Crippen LogP contribution in [-0.2, 0) is 0 Å². The van der Waals surface area contributed by atoms with Gasteiger partial charge in [0.25, 0.3) is 5.71 Å². The first kappa shape index (κ1) is 11.4. The zero-order valence-corrected chi connectivity index (χ0v) is 9.63. The molecule has 0 bridgehead atoms. The SMILES string of the molecule is [N-]=[N+]=C1C=CC(CCNc2ccccc2)=CC1. The van der Waals surface area contributed by atoms with E-state index in [2.05, 4.69) is 28.3 Å². The normalized spacial score (nSPS) is 14.1. The van der Waals surface area contributed by atoms with Crippen LogP contribution in [0.2, 0.25) is 0 Å². The van der Waals surface area contributed by atoms with Crippen molar-refractivity contribution in [2.75, 3.05) is 11.9 Å². The van der Waals surface area contributed by atoms with Gasteiger partial charge in [0.05, 0.1) is 6.42 Å². The topological polar surface area (TPSA) is 48.4 Å². The highest BCUT2D eigenvalue weighted by Crippen LogP contribution is 2.12. The van der Waals surface area contributed by atoms with Crippen LogP contribution in [0.25, 0.3) is 5.53 Å². The molecule has 0 unspecified atom stereocenters. The number of nitrogens with one attached hydrogen (secondary N) is 1. The Morgan fingerprint density at radius 3 is 2.65 bits per heavy atom. The summed E-state index contributed by atoms with van der Waals surface area (Å²) in [5, 5.41) is 3.36. The molecule has 0 saturated heterocycles. The van der Waals surface area contributed by atoms with Crippen LogP contribution in [0, 0.1) is 0 Å². The number of hydrogen-bond donors (Lipinski definition) is 1. The molecule has 0 heterocycles. The largest absolute Gasteiger partial charge is 0.385 e. The Balaban J connectivity index is 1.79. The van der Waals surface area contributed by atoms with Crippen molar-refractivity contribution in [1.82, 2.24) is 0 Å². The molecule has 0 fully saturated rings. The Morgan fingerprint density at radius 2 is 2.00 bits per heavy atom. The van der Waals surface area contributed by atoms with Crippen molar-refractivity contribution in [1.29, 1.82) is 0 Å². The highest BCUT2D eigenvalue weighted by Gasteiger charge is 2.07. The van der Waals surface area contributed by atoms with E-state index in [1.54, 1.807) is 0 Å². The van der Waals surface area contributed by atoms with E-state index in [0.29, 0.717) is 12.1 Å². The van der Waals surface area contributed by atoms with Crippen molar-refractivity contribution in [2.24, 2.45) is 0 Å².